The van der Waals surface area contributed by atoms with Crippen molar-refractivity contribution in [3.8, 4) is 11.5 Å². The van der Waals surface area contributed by atoms with Gasteiger partial charge in [-0.3, -0.25) is 0 Å². The normalized spacial score (nSPS) is 19.5. The molecule has 1 aliphatic heterocycles. The minimum absolute atomic E-state index is 0.278. The zero-order chi connectivity index (χ0) is 16.2. The minimum atomic E-state index is -0.278. The fraction of sp³-hybridized carbons (Fsp3) is 0.500. The number of rotatable bonds is 6. The summed E-state index contributed by atoms with van der Waals surface area (Å²) in [6.45, 7) is 8.53. The van der Waals surface area contributed by atoms with E-state index in [1.54, 1.807) is 0 Å². The lowest BCUT2D eigenvalue weighted by atomic mass is 9.93. The number of unbranched alkanes of at least 4 members (excludes halogenated alkanes) is 1. The lowest BCUT2D eigenvalue weighted by Gasteiger charge is -2.32. The molecule has 1 atom stereocenters. The molecule has 0 radical (unpaired) electrons. The Kier molecular flexibility index (Phi) is 5.33. The molecule has 1 unspecified atom stereocenters. The van der Waals surface area contributed by atoms with Crippen molar-refractivity contribution in [2.75, 3.05) is 0 Å². The molecular formula is C20H28O2. The van der Waals surface area contributed by atoms with Gasteiger partial charge in [-0.05, 0) is 76.3 Å². The van der Waals surface area contributed by atoms with Gasteiger partial charge in [-0.25, -0.2) is 0 Å². The number of hydrogen-bond acceptors (Lipinski definition) is 2. The number of aromatic hydroxyl groups is 1. The van der Waals surface area contributed by atoms with Crippen molar-refractivity contribution in [2.24, 2.45) is 0 Å². The SMILES string of the molecule is CCCc1cc(O)c2c(c1)OC(C)(CCCC=C(C)C)C=C2. The quantitative estimate of drug-likeness (QED) is 0.543. The number of benzene rings is 1. The van der Waals surface area contributed by atoms with Gasteiger partial charge in [-0.2, -0.15) is 0 Å². The van der Waals surface area contributed by atoms with Gasteiger partial charge in [0.2, 0.25) is 0 Å². The van der Waals surface area contributed by atoms with Crippen LogP contribution in [0.4, 0.5) is 0 Å². The molecule has 0 aliphatic carbocycles. The van der Waals surface area contributed by atoms with Gasteiger partial charge in [0.1, 0.15) is 17.1 Å². The third-order valence-electron chi connectivity index (χ3n) is 4.09. The first-order chi connectivity index (χ1) is 10.4. The van der Waals surface area contributed by atoms with Crippen LogP contribution < -0.4 is 4.74 Å². The van der Waals surface area contributed by atoms with Crippen molar-refractivity contribution in [1.29, 1.82) is 0 Å². The van der Waals surface area contributed by atoms with E-state index >= 15 is 0 Å². The Morgan fingerprint density at radius 1 is 1.32 bits per heavy atom. The largest absolute Gasteiger partial charge is 0.507 e. The maximum atomic E-state index is 10.2. The molecule has 2 heteroatoms. The number of fused-ring (bicyclic) bond motifs is 1. The Bertz CT molecular complexity index is 580. The maximum absolute atomic E-state index is 10.2. The van der Waals surface area contributed by atoms with Gasteiger partial charge < -0.3 is 9.84 Å². The van der Waals surface area contributed by atoms with Crippen LogP contribution in [0.1, 0.15) is 64.5 Å². The summed E-state index contributed by atoms with van der Waals surface area (Å²) < 4.78 is 6.23. The molecule has 1 aromatic carbocycles. The molecule has 0 spiro atoms. The molecule has 1 aliphatic rings. The van der Waals surface area contributed by atoms with Gasteiger partial charge in [0.05, 0.1) is 5.56 Å². The van der Waals surface area contributed by atoms with Gasteiger partial charge in [-0.1, -0.05) is 25.0 Å². The molecule has 1 aromatic rings. The van der Waals surface area contributed by atoms with E-state index in [0.29, 0.717) is 5.75 Å². The fourth-order valence-corrected chi connectivity index (χ4v) is 2.88. The highest BCUT2D eigenvalue weighted by atomic mass is 16.5. The summed E-state index contributed by atoms with van der Waals surface area (Å²) in [5.41, 5.74) is 3.03. The van der Waals surface area contributed by atoms with E-state index in [1.165, 1.54) is 5.57 Å². The van der Waals surface area contributed by atoms with Crippen molar-refractivity contribution in [3.63, 3.8) is 0 Å². The Morgan fingerprint density at radius 2 is 2.09 bits per heavy atom. The predicted octanol–water partition coefficient (Wildman–Crippen LogP) is 5.65. The summed E-state index contributed by atoms with van der Waals surface area (Å²) in [6.07, 6.45) is 11.5. The first-order valence-electron chi connectivity index (χ1n) is 8.31. The van der Waals surface area contributed by atoms with Crippen LogP contribution >= 0.6 is 0 Å². The second-order valence-corrected chi connectivity index (χ2v) is 6.70. The Labute approximate surface area is 134 Å². The summed E-state index contributed by atoms with van der Waals surface area (Å²) in [4.78, 5) is 0. The predicted molar refractivity (Wildman–Crippen MR) is 93.5 cm³/mol. The van der Waals surface area contributed by atoms with Crippen LogP contribution in [0.25, 0.3) is 6.08 Å². The van der Waals surface area contributed by atoms with Crippen molar-refractivity contribution < 1.29 is 9.84 Å². The van der Waals surface area contributed by atoms with Crippen LogP contribution in [0.2, 0.25) is 0 Å². The van der Waals surface area contributed by atoms with Crippen molar-refractivity contribution in [2.45, 2.75) is 65.4 Å². The van der Waals surface area contributed by atoms with E-state index in [9.17, 15) is 5.11 Å². The van der Waals surface area contributed by atoms with Crippen LogP contribution in [0.3, 0.4) is 0 Å². The van der Waals surface area contributed by atoms with Crippen molar-refractivity contribution in [3.05, 3.63) is 41.0 Å². The van der Waals surface area contributed by atoms with Gasteiger partial charge in [-0.15, -0.1) is 0 Å². The molecule has 0 aromatic heterocycles. The summed E-state index contributed by atoms with van der Waals surface area (Å²) in [7, 11) is 0. The zero-order valence-electron chi connectivity index (χ0n) is 14.3. The highest BCUT2D eigenvalue weighted by Gasteiger charge is 2.28. The topological polar surface area (TPSA) is 29.5 Å². The highest BCUT2D eigenvalue weighted by Crippen LogP contribution is 2.39. The molecule has 1 N–H and O–H groups in total. The molecule has 0 saturated heterocycles. The number of phenols is 1. The van der Waals surface area contributed by atoms with E-state index in [-0.39, 0.29) is 5.60 Å². The van der Waals surface area contributed by atoms with E-state index in [4.69, 9.17) is 4.74 Å². The second kappa shape index (κ2) is 7.04. The molecule has 0 amide bonds. The molecule has 22 heavy (non-hydrogen) atoms. The third kappa shape index (κ3) is 4.16. The van der Waals surface area contributed by atoms with E-state index in [1.807, 2.05) is 12.1 Å². The average Bonchev–Trinajstić information content (AvgIpc) is 2.43. The molecule has 0 bridgehead atoms. The van der Waals surface area contributed by atoms with E-state index < -0.39 is 0 Å². The number of hydrogen-bond donors (Lipinski definition) is 1. The van der Waals surface area contributed by atoms with Crippen molar-refractivity contribution in [1.82, 2.24) is 0 Å². The maximum Gasteiger partial charge on any atom is 0.131 e. The monoisotopic (exact) mass is 300 g/mol. The van der Waals surface area contributed by atoms with Crippen molar-refractivity contribution >= 4 is 6.08 Å². The van der Waals surface area contributed by atoms with Gasteiger partial charge >= 0.3 is 0 Å². The number of aryl methyl sites for hydroxylation is 1. The highest BCUT2D eigenvalue weighted by molar-refractivity contribution is 5.67. The number of ether oxygens (including phenoxy) is 1. The zero-order valence-corrected chi connectivity index (χ0v) is 14.3. The minimum Gasteiger partial charge on any atom is -0.507 e. The molecule has 1 heterocycles. The van der Waals surface area contributed by atoms with Crippen LogP contribution in [0.5, 0.6) is 11.5 Å². The number of phenolic OH excluding ortho intramolecular Hbond substituents is 1. The molecular weight excluding hydrogens is 272 g/mol. The summed E-state index contributed by atoms with van der Waals surface area (Å²) >= 11 is 0. The van der Waals surface area contributed by atoms with Crippen LogP contribution in [-0.4, -0.2) is 10.7 Å². The van der Waals surface area contributed by atoms with Gasteiger partial charge in [0.15, 0.2) is 0 Å². The van der Waals surface area contributed by atoms with Crippen LogP contribution in [0, 0.1) is 0 Å². The molecule has 0 saturated carbocycles. The van der Waals surface area contributed by atoms with Gasteiger partial charge in [0.25, 0.3) is 0 Å². The Morgan fingerprint density at radius 3 is 2.77 bits per heavy atom. The van der Waals surface area contributed by atoms with E-state index in [0.717, 1.165) is 49.0 Å². The Hall–Kier alpha value is -1.70. The standard InChI is InChI=1S/C20H28O2/c1-5-8-16-13-18(21)17-10-12-20(4,22-19(17)14-16)11-7-6-9-15(2)3/h9-10,12-14,21H,5-8,11H2,1-4H3. The Balaban J connectivity index is 2.11. The smallest absolute Gasteiger partial charge is 0.131 e. The first kappa shape index (κ1) is 16.7. The summed E-state index contributed by atoms with van der Waals surface area (Å²) in [5, 5.41) is 10.2. The van der Waals surface area contributed by atoms with Gasteiger partial charge in [0, 0.05) is 0 Å². The van der Waals surface area contributed by atoms with Crippen LogP contribution in [0.15, 0.2) is 29.9 Å². The lowest BCUT2D eigenvalue weighted by molar-refractivity contribution is 0.124. The number of allylic oxidation sites excluding steroid dienone is 2. The molecule has 120 valence electrons. The fourth-order valence-electron chi connectivity index (χ4n) is 2.88. The average molecular weight is 300 g/mol. The second-order valence-electron chi connectivity index (χ2n) is 6.70. The summed E-state index contributed by atoms with van der Waals surface area (Å²) in [5.74, 6) is 1.14. The van der Waals surface area contributed by atoms with E-state index in [2.05, 4.69) is 45.9 Å². The first-order valence-corrected chi connectivity index (χ1v) is 8.31. The lowest BCUT2D eigenvalue weighted by Crippen LogP contribution is -2.31. The molecule has 2 nitrogen and oxygen atoms in total. The third-order valence-corrected chi connectivity index (χ3v) is 4.09. The molecule has 2 rings (SSSR count). The summed E-state index contributed by atoms with van der Waals surface area (Å²) in [6, 6.07) is 3.93. The molecule has 0 fully saturated rings. The van der Waals surface area contributed by atoms with Crippen LogP contribution in [-0.2, 0) is 6.42 Å².